The Labute approximate surface area is 188 Å². The molecule has 9 heteroatoms. The number of hydrogen-bond acceptors (Lipinski definition) is 7. The van der Waals surface area contributed by atoms with Crippen LogP contribution in [0.5, 0.6) is 5.88 Å². The highest BCUT2D eigenvalue weighted by Gasteiger charge is 2.31. The minimum Gasteiger partial charge on any atom is -0.476 e. The molecule has 1 unspecified atom stereocenters. The topological polar surface area (TPSA) is 90.0 Å². The fraction of sp³-hybridized carbons (Fsp3) is 0.696. The largest absolute Gasteiger partial charge is 0.476 e. The van der Waals surface area contributed by atoms with Crippen LogP contribution >= 0.6 is 0 Å². The summed E-state index contributed by atoms with van der Waals surface area (Å²) in [6.45, 7) is 3.92. The van der Waals surface area contributed by atoms with Gasteiger partial charge in [-0.2, -0.15) is 0 Å². The molecule has 0 aromatic carbocycles. The number of alkyl halides is 1. The molecule has 0 bridgehead atoms. The molecule has 1 aliphatic carbocycles. The predicted octanol–water partition coefficient (Wildman–Crippen LogP) is 2.75. The predicted molar refractivity (Wildman–Crippen MR) is 118 cm³/mol. The standard InChI is InChI=1S/C23H34FN3O5/c1-3-17(23(29)31-12-4-10-24)9-11-25-21(28)19-7-8-20(27-13-18(14-27)30-2)22(26-19)32-15-16-5-6-16/h7-8,16-18H,3-6,9-15H2,1-2H3,(H,25,28). The second kappa shape index (κ2) is 12.0. The summed E-state index contributed by atoms with van der Waals surface area (Å²) in [4.78, 5) is 31.3. The van der Waals surface area contributed by atoms with Crippen LogP contribution in [0.4, 0.5) is 10.1 Å². The van der Waals surface area contributed by atoms with Gasteiger partial charge in [-0.25, -0.2) is 4.98 Å². The van der Waals surface area contributed by atoms with E-state index < -0.39 is 6.67 Å². The Kier molecular flexibility index (Phi) is 9.08. The van der Waals surface area contributed by atoms with E-state index in [1.54, 1.807) is 13.2 Å². The molecule has 1 atom stereocenters. The molecule has 1 N–H and O–H groups in total. The maximum atomic E-state index is 12.6. The molecule has 0 spiro atoms. The molecule has 1 aromatic rings. The number of nitrogens with zero attached hydrogens (tertiary/aromatic N) is 2. The van der Waals surface area contributed by atoms with Crippen LogP contribution in [0.15, 0.2) is 12.1 Å². The first-order valence-corrected chi connectivity index (χ1v) is 11.5. The zero-order chi connectivity index (χ0) is 22.9. The van der Waals surface area contributed by atoms with Crippen LogP contribution in [0, 0.1) is 11.8 Å². The monoisotopic (exact) mass is 451 g/mol. The molecular formula is C23H34FN3O5. The van der Waals surface area contributed by atoms with Crippen molar-refractivity contribution in [3.8, 4) is 5.88 Å². The summed E-state index contributed by atoms with van der Waals surface area (Å²) in [6.07, 6.45) is 3.78. The van der Waals surface area contributed by atoms with E-state index in [1.165, 1.54) is 12.8 Å². The lowest BCUT2D eigenvalue weighted by molar-refractivity contribution is -0.149. The quantitative estimate of drug-likeness (QED) is 0.344. The fourth-order valence-electron chi connectivity index (χ4n) is 3.46. The number of methoxy groups -OCH3 is 1. The molecule has 178 valence electrons. The number of pyridine rings is 1. The number of amides is 1. The molecule has 2 aliphatic rings. The van der Waals surface area contributed by atoms with Gasteiger partial charge in [-0.3, -0.25) is 14.0 Å². The molecular weight excluding hydrogens is 417 g/mol. The number of aromatic nitrogens is 1. The maximum Gasteiger partial charge on any atom is 0.308 e. The van der Waals surface area contributed by atoms with E-state index in [-0.39, 0.29) is 42.6 Å². The van der Waals surface area contributed by atoms with Gasteiger partial charge >= 0.3 is 5.97 Å². The Bertz CT molecular complexity index is 768. The van der Waals surface area contributed by atoms with Gasteiger partial charge in [0, 0.05) is 33.2 Å². The summed E-state index contributed by atoms with van der Waals surface area (Å²) in [5.74, 6) is 0.0508. The molecule has 3 rings (SSSR count). The number of halogens is 1. The van der Waals surface area contributed by atoms with Gasteiger partial charge < -0.3 is 24.4 Å². The highest BCUT2D eigenvalue weighted by atomic mass is 19.1. The number of rotatable bonds is 14. The summed E-state index contributed by atoms with van der Waals surface area (Å²) in [6, 6.07) is 3.56. The van der Waals surface area contributed by atoms with Gasteiger partial charge in [0.05, 0.1) is 31.9 Å². The van der Waals surface area contributed by atoms with E-state index in [1.807, 2.05) is 13.0 Å². The molecule has 1 saturated carbocycles. The zero-order valence-corrected chi connectivity index (χ0v) is 19.0. The third kappa shape index (κ3) is 6.79. The molecule has 1 amide bonds. The van der Waals surface area contributed by atoms with Crippen molar-refractivity contribution >= 4 is 17.6 Å². The lowest BCUT2D eigenvalue weighted by Crippen LogP contribution is -2.52. The van der Waals surface area contributed by atoms with E-state index in [0.29, 0.717) is 37.8 Å². The van der Waals surface area contributed by atoms with Crippen LogP contribution < -0.4 is 15.0 Å². The Morgan fingerprint density at radius 2 is 2.09 bits per heavy atom. The number of esters is 1. The van der Waals surface area contributed by atoms with Gasteiger partial charge in [0.25, 0.3) is 5.91 Å². The van der Waals surface area contributed by atoms with Gasteiger partial charge in [-0.05, 0) is 43.7 Å². The van der Waals surface area contributed by atoms with Crippen molar-refractivity contribution in [3.63, 3.8) is 0 Å². The van der Waals surface area contributed by atoms with Crippen molar-refractivity contribution < 1.29 is 28.2 Å². The van der Waals surface area contributed by atoms with Gasteiger partial charge in [0.1, 0.15) is 11.4 Å². The summed E-state index contributed by atoms with van der Waals surface area (Å²) in [5.41, 5.74) is 1.15. The number of carbonyl (C=O) groups is 2. The highest BCUT2D eigenvalue weighted by Crippen LogP contribution is 2.34. The molecule has 32 heavy (non-hydrogen) atoms. The Morgan fingerprint density at radius 1 is 1.31 bits per heavy atom. The Morgan fingerprint density at radius 3 is 2.75 bits per heavy atom. The van der Waals surface area contributed by atoms with Crippen LogP contribution in [-0.4, -0.2) is 69.6 Å². The van der Waals surface area contributed by atoms with Gasteiger partial charge in [-0.1, -0.05) is 6.92 Å². The van der Waals surface area contributed by atoms with Crippen LogP contribution in [-0.2, 0) is 14.3 Å². The second-order valence-corrected chi connectivity index (χ2v) is 8.40. The van der Waals surface area contributed by atoms with E-state index in [0.717, 1.165) is 18.8 Å². The van der Waals surface area contributed by atoms with Crippen molar-refractivity contribution in [2.45, 2.75) is 45.1 Å². The number of hydrogen-bond donors (Lipinski definition) is 1. The lowest BCUT2D eigenvalue weighted by Gasteiger charge is -2.40. The average Bonchev–Trinajstić information content (AvgIpc) is 3.59. The van der Waals surface area contributed by atoms with E-state index in [9.17, 15) is 14.0 Å². The number of nitrogens with one attached hydrogen (secondary N) is 1. The van der Waals surface area contributed by atoms with E-state index in [2.05, 4.69) is 15.2 Å². The van der Waals surface area contributed by atoms with Crippen LogP contribution in [0.25, 0.3) is 0 Å². The summed E-state index contributed by atoms with van der Waals surface area (Å²) >= 11 is 0. The van der Waals surface area contributed by atoms with Gasteiger partial charge in [-0.15, -0.1) is 0 Å². The Balaban J connectivity index is 1.54. The van der Waals surface area contributed by atoms with Crippen molar-refractivity contribution in [2.24, 2.45) is 11.8 Å². The van der Waals surface area contributed by atoms with Crippen LogP contribution in [0.1, 0.15) is 49.5 Å². The Hall–Kier alpha value is -2.42. The molecule has 1 aromatic heterocycles. The van der Waals surface area contributed by atoms with Crippen molar-refractivity contribution in [3.05, 3.63) is 17.8 Å². The smallest absolute Gasteiger partial charge is 0.308 e. The van der Waals surface area contributed by atoms with E-state index in [4.69, 9.17) is 14.2 Å². The molecule has 1 saturated heterocycles. The van der Waals surface area contributed by atoms with Gasteiger partial charge in [0.15, 0.2) is 0 Å². The summed E-state index contributed by atoms with van der Waals surface area (Å²) in [5, 5.41) is 2.82. The first kappa shape index (κ1) is 24.2. The third-order valence-corrected chi connectivity index (χ3v) is 5.87. The number of anilines is 1. The average molecular weight is 452 g/mol. The van der Waals surface area contributed by atoms with Gasteiger partial charge in [0.2, 0.25) is 5.88 Å². The molecule has 2 fully saturated rings. The molecule has 2 heterocycles. The molecule has 1 aliphatic heterocycles. The highest BCUT2D eigenvalue weighted by molar-refractivity contribution is 5.92. The van der Waals surface area contributed by atoms with E-state index >= 15 is 0 Å². The first-order valence-electron chi connectivity index (χ1n) is 11.5. The second-order valence-electron chi connectivity index (χ2n) is 8.40. The maximum absolute atomic E-state index is 12.6. The summed E-state index contributed by atoms with van der Waals surface area (Å²) in [7, 11) is 1.70. The summed E-state index contributed by atoms with van der Waals surface area (Å²) < 4.78 is 28.5. The molecule has 0 radical (unpaired) electrons. The zero-order valence-electron chi connectivity index (χ0n) is 19.0. The normalized spacial score (nSPS) is 16.9. The third-order valence-electron chi connectivity index (χ3n) is 5.87. The first-order chi connectivity index (χ1) is 15.5. The molecule has 8 nitrogen and oxygen atoms in total. The van der Waals surface area contributed by atoms with Crippen LogP contribution in [0.3, 0.4) is 0 Å². The van der Waals surface area contributed by atoms with Crippen LogP contribution in [0.2, 0.25) is 0 Å². The minimum atomic E-state index is -0.511. The lowest BCUT2D eigenvalue weighted by atomic mass is 10.0. The fourth-order valence-corrected chi connectivity index (χ4v) is 3.46. The van der Waals surface area contributed by atoms with Crippen molar-refractivity contribution in [1.82, 2.24) is 10.3 Å². The minimum absolute atomic E-state index is 0.0836. The van der Waals surface area contributed by atoms with Crippen molar-refractivity contribution in [2.75, 3.05) is 51.5 Å². The van der Waals surface area contributed by atoms with Crippen molar-refractivity contribution in [1.29, 1.82) is 0 Å². The number of carbonyl (C=O) groups excluding carboxylic acids is 2. The number of ether oxygens (including phenoxy) is 3. The SMILES string of the molecule is CCC(CCNC(=O)c1ccc(N2CC(OC)C2)c(OCC2CC2)n1)C(=O)OCCCF.